The molecule has 6 atom stereocenters. The molecule has 0 aliphatic heterocycles. The second-order valence-corrected chi connectivity index (χ2v) is 36.4. The molecule has 0 aromatic carbocycles. The van der Waals surface area contributed by atoms with Crippen molar-refractivity contribution in [3.05, 3.63) is 0 Å². The fourth-order valence-electron chi connectivity index (χ4n) is 14.0. The number of ether oxygens (including phenoxy) is 4. The number of rotatable bonds is 88. The second kappa shape index (κ2) is 79.9. The van der Waals surface area contributed by atoms with Crippen molar-refractivity contribution in [3.63, 3.8) is 0 Å². The predicted molar refractivity (Wildman–Crippen MR) is 451 cm³/mol. The molecule has 0 bridgehead atoms. The van der Waals surface area contributed by atoms with Crippen molar-refractivity contribution in [2.75, 3.05) is 39.6 Å². The lowest BCUT2D eigenvalue weighted by atomic mass is 9.99. The van der Waals surface area contributed by atoms with Crippen LogP contribution in [0.25, 0.3) is 0 Å². The van der Waals surface area contributed by atoms with Gasteiger partial charge in [0.1, 0.15) is 19.3 Å². The van der Waals surface area contributed by atoms with Gasteiger partial charge in [0.25, 0.3) is 0 Å². The van der Waals surface area contributed by atoms with Crippen LogP contribution in [-0.2, 0) is 65.4 Å². The van der Waals surface area contributed by atoms with Crippen LogP contribution in [0, 0.1) is 17.8 Å². The maximum Gasteiger partial charge on any atom is 0.472 e. The summed E-state index contributed by atoms with van der Waals surface area (Å²) in [6, 6.07) is 0. The molecule has 0 aromatic heterocycles. The largest absolute Gasteiger partial charge is 0.472 e. The van der Waals surface area contributed by atoms with Crippen LogP contribution in [0.15, 0.2) is 0 Å². The van der Waals surface area contributed by atoms with Crippen LogP contribution in [-0.4, -0.2) is 96.7 Å². The summed E-state index contributed by atoms with van der Waals surface area (Å²) in [4.78, 5) is 73.3. The highest BCUT2D eigenvalue weighted by Gasteiger charge is 2.31. The lowest BCUT2D eigenvalue weighted by Crippen LogP contribution is -2.30. The summed E-state index contributed by atoms with van der Waals surface area (Å²) in [6.45, 7) is 12.0. The first kappa shape index (κ1) is 107. The van der Waals surface area contributed by atoms with Gasteiger partial charge in [0, 0.05) is 25.7 Å². The quantitative estimate of drug-likeness (QED) is 0.0222. The van der Waals surface area contributed by atoms with Crippen LogP contribution in [0.4, 0.5) is 0 Å². The van der Waals surface area contributed by atoms with Crippen LogP contribution in [0.1, 0.15) is 479 Å². The van der Waals surface area contributed by atoms with E-state index >= 15 is 0 Å². The van der Waals surface area contributed by atoms with E-state index in [1.54, 1.807) is 0 Å². The number of phosphoric ester groups is 2. The molecule has 648 valence electrons. The van der Waals surface area contributed by atoms with E-state index in [1.807, 2.05) is 0 Å². The Kier molecular flexibility index (Phi) is 78.5. The van der Waals surface area contributed by atoms with Crippen molar-refractivity contribution in [3.8, 4) is 0 Å². The van der Waals surface area contributed by atoms with Gasteiger partial charge in [-0.2, -0.15) is 0 Å². The monoisotopic (exact) mass is 1590 g/mol. The summed E-state index contributed by atoms with van der Waals surface area (Å²) in [7, 11) is -9.93. The highest BCUT2D eigenvalue weighted by atomic mass is 31.2. The molecule has 109 heavy (non-hydrogen) atoms. The van der Waals surface area contributed by atoms with Gasteiger partial charge in [-0.1, -0.05) is 427 Å². The number of phosphoric acid groups is 2. The normalized spacial score (nSPS) is 14.1. The van der Waals surface area contributed by atoms with E-state index in [0.29, 0.717) is 25.7 Å². The minimum Gasteiger partial charge on any atom is -0.462 e. The lowest BCUT2D eigenvalue weighted by molar-refractivity contribution is -0.161. The van der Waals surface area contributed by atoms with E-state index in [2.05, 4.69) is 48.5 Å². The first-order chi connectivity index (χ1) is 52.8. The number of hydrogen-bond donors (Lipinski definition) is 3. The number of aliphatic hydroxyl groups is 1. The molecule has 0 aliphatic rings. The molecule has 17 nitrogen and oxygen atoms in total. The van der Waals surface area contributed by atoms with Gasteiger partial charge in [-0.15, -0.1) is 0 Å². The summed E-state index contributed by atoms with van der Waals surface area (Å²) < 4.78 is 69.0. The summed E-state index contributed by atoms with van der Waals surface area (Å²) in [5, 5.41) is 10.7. The van der Waals surface area contributed by atoms with Crippen molar-refractivity contribution in [1.29, 1.82) is 0 Å². The van der Waals surface area contributed by atoms with Crippen LogP contribution in [0.5, 0.6) is 0 Å². The molecule has 0 fully saturated rings. The molecule has 0 saturated heterocycles. The third-order valence-electron chi connectivity index (χ3n) is 21.5. The lowest BCUT2D eigenvalue weighted by Gasteiger charge is -2.21. The number of carbonyl (C=O) groups is 4. The Bertz CT molecular complexity index is 2100. The molecule has 0 rings (SSSR count). The average Bonchev–Trinajstić information content (AvgIpc) is 0.899. The summed E-state index contributed by atoms with van der Waals surface area (Å²) in [6.07, 6.45) is 72.4. The van der Waals surface area contributed by atoms with E-state index in [-0.39, 0.29) is 25.7 Å². The Balaban J connectivity index is 5.22. The molecule has 0 saturated carbocycles. The number of carbonyl (C=O) groups excluding carboxylic acids is 4. The standard InChI is InChI=1S/C90H176O17P2/c1-8-10-11-12-13-14-15-16-17-18-19-20-21-22-26-29-32-35-43-50-57-64-71-87(92)100-77-85(106-89(94)73-66-59-52-44-36-33-30-27-24-23-25-28-31-34-42-49-56-63-70-83(7)9-2)79-104-108(96,97)102-75-84(91)76-103-109(98,99)105-80-86(78-101-88(93)72-65-58-51-46-39-41-48-55-62-69-82(5)6)107-90(95)74-67-60-53-45-38-37-40-47-54-61-68-81(3)4/h81-86,91H,8-80H2,1-7H3,(H,96,97)(H,98,99)/t83?,84-,85-,86-/m1/s1. The van der Waals surface area contributed by atoms with Crippen LogP contribution in [0.2, 0.25) is 0 Å². The minimum absolute atomic E-state index is 0.106. The Hall–Kier alpha value is -1.94. The van der Waals surface area contributed by atoms with Crippen molar-refractivity contribution in [1.82, 2.24) is 0 Å². The Morgan fingerprint density at radius 1 is 0.266 bits per heavy atom. The molecule has 0 aromatic rings. The fraction of sp³-hybridized carbons (Fsp3) is 0.956. The Morgan fingerprint density at radius 3 is 0.697 bits per heavy atom. The first-order valence-electron chi connectivity index (χ1n) is 46.4. The fourth-order valence-corrected chi connectivity index (χ4v) is 15.6. The average molecular weight is 1590 g/mol. The zero-order chi connectivity index (χ0) is 80.0. The van der Waals surface area contributed by atoms with Crippen LogP contribution >= 0.6 is 15.6 Å². The highest BCUT2D eigenvalue weighted by Crippen LogP contribution is 2.45. The zero-order valence-electron chi connectivity index (χ0n) is 72.0. The van der Waals surface area contributed by atoms with Gasteiger partial charge in [0.15, 0.2) is 12.2 Å². The van der Waals surface area contributed by atoms with Crippen molar-refractivity contribution >= 4 is 39.5 Å². The summed E-state index contributed by atoms with van der Waals surface area (Å²) in [5.41, 5.74) is 0. The number of unbranched alkanes of at least 4 members (excludes halogenated alkanes) is 55. The maximum atomic E-state index is 13.2. The van der Waals surface area contributed by atoms with Crippen molar-refractivity contribution in [2.45, 2.75) is 497 Å². The van der Waals surface area contributed by atoms with E-state index < -0.39 is 97.5 Å². The molecule has 19 heteroatoms. The smallest absolute Gasteiger partial charge is 0.462 e. The molecule has 3 N–H and O–H groups in total. The first-order valence-corrected chi connectivity index (χ1v) is 49.4. The van der Waals surface area contributed by atoms with Crippen LogP contribution < -0.4 is 0 Å². The maximum absolute atomic E-state index is 13.2. The SMILES string of the molecule is CCCCCCCCCCCCCCCCCCCCCCCCC(=O)OC[C@H](COP(=O)(O)OC[C@@H](O)COP(=O)(O)OC[C@@H](COC(=O)CCCCCCCCCCCC(C)C)OC(=O)CCCCCCCCCCCCC(C)C)OC(=O)CCCCCCCCCCCCCCCCCCCCC(C)CC. The highest BCUT2D eigenvalue weighted by molar-refractivity contribution is 7.47. The topological polar surface area (TPSA) is 237 Å². The molecule has 0 heterocycles. The third-order valence-corrected chi connectivity index (χ3v) is 23.4. The van der Waals surface area contributed by atoms with Gasteiger partial charge in [0.2, 0.25) is 0 Å². The van der Waals surface area contributed by atoms with Crippen molar-refractivity contribution in [2.24, 2.45) is 17.8 Å². The van der Waals surface area contributed by atoms with E-state index in [4.69, 9.17) is 37.0 Å². The zero-order valence-corrected chi connectivity index (χ0v) is 73.8. The summed E-state index contributed by atoms with van der Waals surface area (Å²) in [5.74, 6) is 0.264. The predicted octanol–water partition coefficient (Wildman–Crippen LogP) is 27.6. The van der Waals surface area contributed by atoms with Gasteiger partial charge in [-0.25, -0.2) is 9.13 Å². The third kappa shape index (κ3) is 82.4. The molecular weight excluding hydrogens is 1410 g/mol. The molecule has 3 unspecified atom stereocenters. The molecule has 0 aliphatic carbocycles. The molecule has 0 amide bonds. The van der Waals surface area contributed by atoms with E-state index in [0.717, 1.165) is 108 Å². The Labute approximate surface area is 670 Å². The van der Waals surface area contributed by atoms with Crippen LogP contribution in [0.3, 0.4) is 0 Å². The van der Waals surface area contributed by atoms with Gasteiger partial charge >= 0.3 is 39.5 Å². The number of aliphatic hydroxyl groups excluding tert-OH is 1. The number of hydrogen-bond acceptors (Lipinski definition) is 15. The second-order valence-electron chi connectivity index (χ2n) is 33.5. The van der Waals surface area contributed by atoms with Gasteiger partial charge in [-0.3, -0.25) is 37.3 Å². The molecule has 0 radical (unpaired) electrons. The molecular formula is C90H176O17P2. The van der Waals surface area contributed by atoms with Gasteiger partial charge < -0.3 is 33.8 Å². The Morgan fingerprint density at radius 2 is 0.468 bits per heavy atom. The van der Waals surface area contributed by atoms with Gasteiger partial charge in [0.05, 0.1) is 26.4 Å². The van der Waals surface area contributed by atoms with Crippen molar-refractivity contribution < 1.29 is 80.2 Å². The number of esters is 4. The minimum atomic E-state index is -4.97. The van der Waals surface area contributed by atoms with E-state index in [9.17, 15) is 43.2 Å². The van der Waals surface area contributed by atoms with Gasteiger partial charge in [-0.05, 0) is 43.4 Å². The molecule has 0 spiro atoms. The van der Waals surface area contributed by atoms with E-state index in [1.165, 1.54) is 289 Å². The summed E-state index contributed by atoms with van der Waals surface area (Å²) >= 11 is 0.